The Morgan fingerprint density at radius 3 is 2.83 bits per heavy atom. The van der Waals surface area contributed by atoms with E-state index in [0.717, 1.165) is 23.3 Å². The maximum atomic E-state index is 12.2. The van der Waals surface area contributed by atoms with E-state index in [-0.39, 0.29) is 18.1 Å². The van der Waals surface area contributed by atoms with E-state index >= 15 is 0 Å². The van der Waals surface area contributed by atoms with E-state index in [9.17, 15) is 4.79 Å². The molecule has 0 saturated heterocycles. The molecule has 7 heteroatoms. The third kappa shape index (κ3) is 4.86. The first kappa shape index (κ1) is 19.3. The molecule has 0 unspecified atom stereocenters. The molecule has 0 fully saturated rings. The van der Waals surface area contributed by atoms with Crippen LogP contribution in [0.4, 0.5) is 0 Å². The van der Waals surface area contributed by atoms with E-state index in [2.05, 4.69) is 10.3 Å². The number of carbonyl (C=O) groups excluding carboxylic acids is 1. The monoisotopic (exact) mass is 410 g/mol. The maximum Gasteiger partial charge on any atom is 0.278 e. The smallest absolute Gasteiger partial charge is 0.278 e. The van der Waals surface area contributed by atoms with Crippen molar-refractivity contribution < 1.29 is 19.0 Å². The summed E-state index contributed by atoms with van der Waals surface area (Å²) in [6.07, 6.45) is 2.52. The summed E-state index contributed by atoms with van der Waals surface area (Å²) in [4.78, 5) is 16.3. The lowest BCUT2D eigenvalue weighted by Crippen LogP contribution is -2.28. The van der Waals surface area contributed by atoms with Crippen LogP contribution in [-0.4, -0.2) is 23.1 Å². The van der Waals surface area contributed by atoms with Gasteiger partial charge in [0.05, 0.1) is 0 Å². The lowest BCUT2D eigenvalue weighted by molar-refractivity contribution is -0.123. The van der Waals surface area contributed by atoms with Crippen molar-refractivity contribution in [3.8, 4) is 22.4 Å². The number of para-hydroxylation sites is 1. The molecule has 0 radical (unpaired) electrons. The zero-order valence-corrected chi connectivity index (χ0v) is 17.1. The van der Waals surface area contributed by atoms with Crippen molar-refractivity contribution in [2.75, 3.05) is 6.61 Å². The largest absolute Gasteiger partial charge is 0.483 e. The highest BCUT2D eigenvalue weighted by atomic mass is 32.1. The topological polar surface area (TPSA) is 69.7 Å². The number of rotatable bonds is 7. The van der Waals surface area contributed by atoms with Gasteiger partial charge in [-0.15, -0.1) is 0 Å². The average Bonchev–Trinajstić information content (AvgIpc) is 3.31. The van der Waals surface area contributed by atoms with Crippen LogP contribution in [0.5, 0.6) is 22.4 Å². The standard InChI is InChI=1S/C22H22N2O4S/c1-22(2)12-16-4-3-5-18(20(16)28-22)26-14-19(25)24-13-15-6-8-17(9-7-15)27-21-23-10-11-29-21/h3-11H,12-14H2,1-2H3,(H,24,25). The van der Waals surface area contributed by atoms with Gasteiger partial charge in [-0.2, -0.15) is 0 Å². The van der Waals surface area contributed by atoms with E-state index < -0.39 is 0 Å². The van der Waals surface area contributed by atoms with Gasteiger partial charge in [0.25, 0.3) is 11.1 Å². The van der Waals surface area contributed by atoms with Crippen LogP contribution in [-0.2, 0) is 17.8 Å². The van der Waals surface area contributed by atoms with E-state index in [1.165, 1.54) is 11.3 Å². The average molecular weight is 410 g/mol. The molecule has 1 aliphatic rings. The van der Waals surface area contributed by atoms with E-state index in [1.54, 1.807) is 6.20 Å². The minimum absolute atomic E-state index is 0.0640. The second-order valence-corrected chi connectivity index (χ2v) is 8.25. The number of nitrogens with zero attached hydrogens (tertiary/aromatic N) is 1. The summed E-state index contributed by atoms with van der Waals surface area (Å²) >= 11 is 1.43. The fourth-order valence-electron chi connectivity index (χ4n) is 3.13. The molecule has 1 aliphatic heterocycles. The van der Waals surface area contributed by atoms with Crippen molar-refractivity contribution in [1.29, 1.82) is 0 Å². The number of nitrogens with one attached hydrogen (secondary N) is 1. The maximum absolute atomic E-state index is 12.2. The van der Waals surface area contributed by atoms with Gasteiger partial charge in [-0.25, -0.2) is 4.98 Å². The van der Waals surface area contributed by atoms with Crippen molar-refractivity contribution in [3.63, 3.8) is 0 Å². The highest BCUT2D eigenvalue weighted by Gasteiger charge is 2.32. The number of carbonyl (C=O) groups is 1. The minimum atomic E-state index is -0.251. The third-order valence-electron chi connectivity index (χ3n) is 4.44. The Hall–Kier alpha value is -3.06. The predicted octanol–water partition coefficient (Wildman–Crippen LogP) is 4.34. The van der Waals surface area contributed by atoms with Crippen LogP contribution >= 0.6 is 11.3 Å². The molecular weight excluding hydrogens is 388 g/mol. The van der Waals surface area contributed by atoms with E-state index in [4.69, 9.17) is 14.2 Å². The fourth-order valence-corrected chi connectivity index (χ4v) is 3.64. The van der Waals surface area contributed by atoms with Gasteiger partial charge in [-0.1, -0.05) is 35.6 Å². The van der Waals surface area contributed by atoms with Gasteiger partial charge in [0.15, 0.2) is 18.1 Å². The molecule has 3 aromatic rings. The molecule has 2 aromatic carbocycles. The Labute approximate surface area is 173 Å². The normalized spacial score (nSPS) is 14.0. The van der Waals surface area contributed by atoms with Gasteiger partial charge in [0.2, 0.25) is 0 Å². The second-order valence-electron chi connectivity index (χ2n) is 7.39. The van der Waals surface area contributed by atoms with Crippen molar-refractivity contribution in [2.24, 2.45) is 0 Å². The van der Waals surface area contributed by atoms with Crippen molar-refractivity contribution in [3.05, 3.63) is 65.2 Å². The number of fused-ring (bicyclic) bond motifs is 1. The molecule has 4 rings (SSSR count). The summed E-state index contributed by atoms with van der Waals surface area (Å²) < 4.78 is 17.3. The third-order valence-corrected chi connectivity index (χ3v) is 5.09. The van der Waals surface area contributed by atoms with Crippen molar-refractivity contribution >= 4 is 17.2 Å². The van der Waals surface area contributed by atoms with Crippen LogP contribution in [0.1, 0.15) is 25.0 Å². The predicted molar refractivity (Wildman–Crippen MR) is 111 cm³/mol. The van der Waals surface area contributed by atoms with Gasteiger partial charge in [0, 0.05) is 30.1 Å². The molecule has 0 saturated carbocycles. The first-order valence-electron chi connectivity index (χ1n) is 9.35. The van der Waals surface area contributed by atoms with Crippen LogP contribution in [0.25, 0.3) is 0 Å². The molecule has 0 bridgehead atoms. The quantitative estimate of drug-likeness (QED) is 0.627. The van der Waals surface area contributed by atoms with Crippen LogP contribution < -0.4 is 19.5 Å². The summed E-state index contributed by atoms with van der Waals surface area (Å²) in [6, 6.07) is 13.3. The summed E-state index contributed by atoms with van der Waals surface area (Å²) in [6.45, 7) is 4.43. The number of benzene rings is 2. The molecule has 0 atom stereocenters. The van der Waals surface area contributed by atoms with Crippen LogP contribution in [0.2, 0.25) is 0 Å². The Morgan fingerprint density at radius 2 is 2.07 bits per heavy atom. The zero-order valence-electron chi connectivity index (χ0n) is 16.3. The van der Waals surface area contributed by atoms with Gasteiger partial charge in [-0.05, 0) is 37.6 Å². The zero-order chi connectivity index (χ0) is 20.3. The first-order valence-corrected chi connectivity index (χ1v) is 10.2. The number of hydrogen-bond donors (Lipinski definition) is 1. The van der Waals surface area contributed by atoms with Gasteiger partial charge in [0.1, 0.15) is 11.4 Å². The van der Waals surface area contributed by atoms with Gasteiger partial charge >= 0.3 is 0 Å². The summed E-state index contributed by atoms with van der Waals surface area (Å²) in [5.41, 5.74) is 1.82. The Kier molecular flexibility index (Phi) is 5.40. The fraction of sp³-hybridized carbons (Fsp3) is 0.273. The van der Waals surface area contributed by atoms with Gasteiger partial charge in [-0.3, -0.25) is 4.79 Å². The SMILES string of the molecule is CC1(C)Cc2cccc(OCC(=O)NCc3ccc(Oc4nccs4)cc3)c2O1. The summed E-state index contributed by atoms with van der Waals surface area (Å²) in [5.74, 6) is 1.86. The lowest BCUT2D eigenvalue weighted by atomic mass is 10.0. The molecule has 2 heterocycles. The Balaban J connectivity index is 1.26. The number of amides is 1. The number of aromatic nitrogens is 1. The molecule has 0 spiro atoms. The van der Waals surface area contributed by atoms with Crippen molar-refractivity contribution in [2.45, 2.75) is 32.4 Å². The minimum Gasteiger partial charge on any atom is -0.483 e. The molecule has 6 nitrogen and oxygen atoms in total. The van der Waals surface area contributed by atoms with Crippen LogP contribution in [0, 0.1) is 0 Å². The highest BCUT2D eigenvalue weighted by Crippen LogP contribution is 2.41. The second kappa shape index (κ2) is 8.13. The first-order chi connectivity index (χ1) is 14.0. The summed E-state index contributed by atoms with van der Waals surface area (Å²) in [5, 5.41) is 5.32. The highest BCUT2D eigenvalue weighted by molar-refractivity contribution is 7.11. The Morgan fingerprint density at radius 1 is 1.24 bits per heavy atom. The molecule has 1 aromatic heterocycles. The lowest BCUT2D eigenvalue weighted by Gasteiger charge is -2.18. The van der Waals surface area contributed by atoms with E-state index in [1.807, 2.05) is 61.7 Å². The van der Waals surface area contributed by atoms with Crippen LogP contribution in [0.3, 0.4) is 0 Å². The molecular formula is C22H22N2O4S. The number of hydrogen-bond acceptors (Lipinski definition) is 6. The Bertz CT molecular complexity index is 985. The van der Waals surface area contributed by atoms with Crippen molar-refractivity contribution in [1.82, 2.24) is 10.3 Å². The molecule has 1 amide bonds. The summed E-state index contributed by atoms with van der Waals surface area (Å²) in [7, 11) is 0. The van der Waals surface area contributed by atoms with E-state index in [0.29, 0.717) is 23.2 Å². The van der Waals surface area contributed by atoms with Crippen LogP contribution in [0.15, 0.2) is 54.0 Å². The molecule has 29 heavy (non-hydrogen) atoms. The number of ether oxygens (including phenoxy) is 3. The molecule has 1 N–H and O–H groups in total. The number of thiazole rings is 1. The molecule has 150 valence electrons. The molecule has 0 aliphatic carbocycles. The van der Waals surface area contributed by atoms with Gasteiger partial charge < -0.3 is 19.5 Å².